The molecule has 16 heavy (non-hydrogen) atoms. The first kappa shape index (κ1) is 15.1. The van der Waals surface area contributed by atoms with E-state index in [0.717, 1.165) is 4.90 Å². The monoisotopic (exact) mass is 238 g/mol. The third-order valence-electron chi connectivity index (χ3n) is 2.36. The molecule has 7 N–H and O–H groups in total. The third-order valence-corrected chi connectivity index (χ3v) is 2.36. The largest absolute Gasteiger partial charge is 0.394 e. The van der Waals surface area contributed by atoms with E-state index in [9.17, 15) is 15.0 Å². The van der Waals surface area contributed by atoms with Gasteiger partial charge in [0.1, 0.15) is 18.3 Å². The van der Waals surface area contributed by atoms with E-state index in [1.165, 1.54) is 7.05 Å². The van der Waals surface area contributed by atoms with Gasteiger partial charge in [0.15, 0.2) is 0 Å². The molecule has 2 amide bonds. The zero-order valence-electron chi connectivity index (χ0n) is 8.89. The van der Waals surface area contributed by atoms with Crippen molar-refractivity contribution in [2.75, 3.05) is 20.3 Å². The van der Waals surface area contributed by atoms with Gasteiger partial charge in [-0.05, 0) is 0 Å². The van der Waals surface area contributed by atoms with Crippen LogP contribution in [0.4, 0.5) is 4.79 Å². The molecule has 0 saturated carbocycles. The molecule has 8 nitrogen and oxygen atoms in total. The molecule has 0 aromatic heterocycles. The molecule has 8 heteroatoms. The minimum Gasteiger partial charge on any atom is -0.394 e. The number of hydrogen-bond acceptors (Lipinski definition) is 6. The molecule has 96 valence electrons. The molecule has 0 aromatic rings. The Morgan fingerprint density at radius 2 is 1.69 bits per heavy atom. The molecule has 4 atom stereocenters. The molecule has 0 aliphatic rings. The fourth-order valence-corrected chi connectivity index (χ4v) is 1.19. The highest BCUT2D eigenvalue weighted by atomic mass is 16.4. The molecule has 0 bridgehead atoms. The van der Waals surface area contributed by atoms with E-state index in [4.69, 9.17) is 21.1 Å². The van der Waals surface area contributed by atoms with Gasteiger partial charge in [0.2, 0.25) is 0 Å². The van der Waals surface area contributed by atoms with Gasteiger partial charge in [-0.2, -0.15) is 0 Å². The van der Waals surface area contributed by atoms with Crippen LogP contribution in [0.5, 0.6) is 0 Å². The fourth-order valence-electron chi connectivity index (χ4n) is 1.19. The maximum atomic E-state index is 10.8. The number of hydrogen-bond donors (Lipinski definition) is 6. The quantitative estimate of drug-likeness (QED) is 0.282. The minimum absolute atomic E-state index is 0.643. The summed E-state index contributed by atoms with van der Waals surface area (Å²) >= 11 is 0. The van der Waals surface area contributed by atoms with Crippen molar-refractivity contribution in [3.05, 3.63) is 0 Å². The van der Waals surface area contributed by atoms with Gasteiger partial charge in [-0.15, -0.1) is 0 Å². The molecule has 0 heterocycles. The Bertz CT molecular complexity index is 227. The predicted molar refractivity (Wildman–Crippen MR) is 53.3 cm³/mol. The second-order valence-corrected chi connectivity index (χ2v) is 3.43. The molecule has 0 saturated heterocycles. The van der Waals surface area contributed by atoms with Crippen LogP contribution in [0.3, 0.4) is 0 Å². The smallest absolute Gasteiger partial charge is 0.314 e. The average molecular weight is 238 g/mol. The van der Waals surface area contributed by atoms with Crippen molar-refractivity contribution < 1.29 is 30.3 Å². The molecular formula is C8H18N2O6. The number of carbonyl (C=O) groups excluding carboxylic acids is 1. The van der Waals surface area contributed by atoms with Crippen molar-refractivity contribution in [3.8, 4) is 0 Å². The summed E-state index contributed by atoms with van der Waals surface area (Å²) < 4.78 is 0. The lowest BCUT2D eigenvalue weighted by molar-refractivity contribution is -0.102. The molecule has 0 aliphatic heterocycles. The zero-order chi connectivity index (χ0) is 12.9. The Morgan fingerprint density at radius 3 is 2.00 bits per heavy atom. The minimum atomic E-state index is -1.69. The maximum Gasteiger partial charge on any atom is 0.314 e. The Labute approximate surface area is 92.5 Å². The van der Waals surface area contributed by atoms with Crippen LogP contribution in [0.1, 0.15) is 0 Å². The summed E-state index contributed by atoms with van der Waals surface area (Å²) in [4.78, 5) is 11.6. The van der Waals surface area contributed by atoms with Crippen LogP contribution in [0.2, 0.25) is 0 Å². The highest BCUT2D eigenvalue weighted by Gasteiger charge is 2.34. The number of urea groups is 1. The number of rotatable bonds is 6. The van der Waals surface area contributed by atoms with Crippen LogP contribution >= 0.6 is 0 Å². The molecule has 0 fully saturated rings. The molecule has 0 aliphatic carbocycles. The van der Waals surface area contributed by atoms with Crippen molar-refractivity contribution in [1.82, 2.24) is 4.90 Å². The predicted octanol–water partition coefficient (Wildman–Crippen LogP) is -3.57. The number of nitrogens with two attached hydrogens (primary N) is 1. The number of aliphatic hydroxyl groups excluding tert-OH is 5. The van der Waals surface area contributed by atoms with E-state index in [0.29, 0.717) is 0 Å². The van der Waals surface area contributed by atoms with Gasteiger partial charge in [-0.1, -0.05) is 0 Å². The van der Waals surface area contributed by atoms with E-state index in [2.05, 4.69) is 0 Å². The summed E-state index contributed by atoms with van der Waals surface area (Å²) in [6, 6.07) is -2.06. The molecule has 0 rings (SSSR count). The van der Waals surface area contributed by atoms with E-state index >= 15 is 0 Å². The van der Waals surface area contributed by atoms with Crippen molar-refractivity contribution in [1.29, 1.82) is 0 Å². The Balaban J connectivity index is 4.64. The average Bonchev–Trinajstić information content (AvgIpc) is 2.27. The van der Waals surface area contributed by atoms with Crippen LogP contribution < -0.4 is 5.73 Å². The highest BCUT2D eigenvalue weighted by Crippen LogP contribution is 2.09. The van der Waals surface area contributed by atoms with Gasteiger partial charge in [-0.3, -0.25) is 0 Å². The Morgan fingerprint density at radius 1 is 1.19 bits per heavy atom. The first-order valence-corrected chi connectivity index (χ1v) is 4.65. The fraction of sp³-hybridized carbons (Fsp3) is 0.875. The second-order valence-electron chi connectivity index (χ2n) is 3.43. The summed E-state index contributed by atoms with van der Waals surface area (Å²) in [7, 11) is 1.23. The summed E-state index contributed by atoms with van der Waals surface area (Å²) in [5.41, 5.74) is 4.93. The molecular weight excluding hydrogens is 220 g/mol. The van der Waals surface area contributed by atoms with Crippen LogP contribution in [-0.2, 0) is 0 Å². The number of carbonyl (C=O) groups is 1. The Kier molecular flexibility index (Phi) is 6.22. The van der Waals surface area contributed by atoms with Gasteiger partial charge in [0.25, 0.3) is 0 Å². The lowest BCUT2D eigenvalue weighted by Gasteiger charge is -2.32. The number of primary amides is 1. The van der Waals surface area contributed by atoms with Gasteiger partial charge in [0, 0.05) is 7.05 Å². The van der Waals surface area contributed by atoms with Gasteiger partial charge in [0.05, 0.1) is 19.3 Å². The zero-order valence-corrected chi connectivity index (χ0v) is 8.89. The number of amides is 2. The number of aliphatic hydroxyl groups is 5. The van der Waals surface area contributed by atoms with E-state index in [1.807, 2.05) is 0 Å². The van der Waals surface area contributed by atoms with E-state index < -0.39 is 43.6 Å². The first-order valence-electron chi connectivity index (χ1n) is 4.65. The van der Waals surface area contributed by atoms with Crippen LogP contribution in [0.15, 0.2) is 0 Å². The van der Waals surface area contributed by atoms with Crippen LogP contribution in [0.25, 0.3) is 0 Å². The van der Waals surface area contributed by atoms with Crippen LogP contribution in [-0.4, -0.2) is 81.1 Å². The van der Waals surface area contributed by atoms with Crippen molar-refractivity contribution in [2.24, 2.45) is 5.73 Å². The summed E-state index contributed by atoms with van der Waals surface area (Å²) in [5, 5.41) is 45.5. The van der Waals surface area contributed by atoms with E-state index in [1.54, 1.807) is 0 Å². The van der Waals surface area contributed by atoms with E-state index in [-0.39, 0.29) is 0 Å². The second kappa shape index (κ2) is 6.61. The number of likely N-dealkylation sites (N-methyl/N-ethyl adjacent to an activating group) is 1. The van der Waals surface area contributed by atoms with Crippen molar-refractivity contribution in [3.63, 3.8) is 0 Å². The SMILES string of the molecule is CN(C(N)=O)C(CO)C(O)C(O)C(O)CO. The first-order chi connectivity index (χ1) is 7.36. The lowest BCUT2D eigenvalue weighted by Crippen LogP contribution is -2.55. The topological polar surface area (TPSA) is 147 Å². The van der Waals surface area contributed by atoms with Crippen LogP contribution in [0, 0.1) is 0 Å². The highest BCUT2D eigenvalue weighted by molar-refractivity contribution is 5.72. The molecule has 0 spiro atoms. The molecule has 0 radical (unpaired) electrons. The van der Waals surface area contributed by atoms with Crippen molar-refractivity contribution >= 4 is 6.03 Å². The van der Waals surface area contributed by atoms with Gasteiger partial charge < -0.3 is 36.2 Å². The molecule has 0 aromatic carbocycles. The summed E-state index contributed by atoms with van der Waals surface area (Å²) in [6.45, 7) is -1.40. The van der Waals surface area contributed by atoms with Gasteiger partial charge >= 0.3 is 6.03 Å². The number of nitrogens with zero attached hydrogens (tertiary/aromatic N) is 1. The third kappa shape index (κ3) is 3.58. The normalized spacial score (nSPS) is 18.6. The summed E-state index contributed by atoms with van der Waals surface area (Å²) in [6.07, 6.45) is -4.88. The lowest BCUT2D eigenvalue weighted by atomic mass is 10.0. The standard InChI is InChI=1S/C8H18N2O6/c1-10(8(9)16)4(2-11)6(14)7(15)5(13)3-12/h4-7,11-15H,2-3H2,1H3,(H2,9,16). The van der Waals surface area contributed by atoms with Crippen molar-refractivity contribution in [2.45, 2.75) is 24.4 Å². The Hall–Kier alpha value is -0.930. The molecule has 4 unspecified atom stereocenters. The summed E-state index contributed by atoms with van der Waals surface area (Å²) in [5.74, 6) is 0. The van der Waals surface area contributed by atoms with Gasteiger partial charge in [-0.25, -0.2) is 4.79 Å². The maximum absolute atomic E-state index is 10.8.